The quantitative estimate of drug-likeness (QED) is 0.411. The van der Waals surface area contributed by atoms with Crippen molar-refractivity contribution < 1.29 is 17.9 Å². The van der Waals surface area contributed by atoms with Gasteiger partial charge in [0.1, 0.15) is 16.5 Å². The zero-order valence-electron chi connectivity index (χ0n) is 12.5. The summed E-state index contributed by atoms with van der Waals surface area (Å²) in [6.07, 6.45) is 0. The Morgan fingerprint density at radius 1 is 0.654 bits per heavy atom. The molecule has 4 aromatic rings. The molecule has 0 fully saturated rings. The van der Waals surface area contributed by atoms with Gasteiger partial charge in [0.2, 0.25) is 0 Å². The molecule has 130 valence electrons. The van der Waals surface area contributed by atoms with Crippen LogP contribution < -0.4 is 27.9 Å². The van der Waals surface area contributed by atoms with Crippen molar-refractivity contribution in [2.45, 2.75) is 0 Å². The number of aromatic nitrogens is 2. The summed E-state index contributed by atoms with van der Waals surface area (Å²) >= 11 is 0. The van der Waals surface area contributed by atoms with Crippen LogP contribution in [0.3, 0.4) is 0 Å². The molecule has 0 aliphatic rings. The molecule has 0 atom stereocenters. The molecule has 11 heteroatoms. The first-order valence-electron chi connectivity index (χ1n) is 6.98. The monoisotopic (exact) mass is 358 g/mol. The van der Waals surface area contributed by atoms with Crippen LogP contribution in [0.5, 0.6) is 0 Å². The second-order valence-electron chi connectivity index (χ2n) is 5.00. The van der Waals surface area contributed by atoms with Crippen LogP contribution in [0.2, 0.25) is 0 Å². The summed E-state index contributed by atoms with van der Waals surface area (Å²) in [5.41, 5.74) is -5.35. The van der Waals surface area contributed by atoms with Gasteiger partial charge in [-0.25, -0.2) is 19.2 Å². The molecule has 0 N–H and O–H groups in total. The minimum absolute atomic E-state index is 0.0995. The van der Waals surface area contributed by atoms with Gasteiger partial charge in [-0.15, -0.1) is 0 Å². The van der Waals surface area contributed by atoms with Crippen LogP contribution in [0.4, 0.5) is 0 Å². The van der Waals surface area contributed by atoms with Gasteiger partial charge in [-0.1, -0.05) is 4.69 Å². The van der Waals surface area contributed by atoms with Crippen LogP contribution in [0.25, 0.3) is 22.2 Å². The van der Waals surface area contributed by atoms with Crippen molar-refractivity contribution in [2.75, 3.05) is 0 Å². The van der Waals surface area contributed by atoms with Gasteiger partial charge in [-0.05, 0) is 4.69 Å². The zero-order chi connectivity index (χ0) is 18.4. The third-order valence-electron chi connectivity index (χ3n) is 3.29. The molecule has 1 aromatic carbocycles. The summed E-state index contributed by atoms with van der Waals surface area (Å²) in [5, 5.41) is -0.0995. The molecule has 26 heavy (non-hydrogen) atoms. The van der Waals surface area contributed by atoms with E-state index in [1.54, 1.807) is 0 Å². The summed E-state index contributed by atoms with van der Waals surface area (Å²) in [4.78, 5) is 59.1. The Balaban J connectivity index is 2.57. The molecule has 11 nitrogen and oxygen atoms in total. The predicted octanol–water partition coefficient (Wildman–Crippen LogP) is -0.357. The van der Waals surface area contributed by atoms with Crippen molar-refractivity contribution in [1.29, 1.82) is 0 Å². The fourth-order valence-electron chi connectivity index (χ4n) is 2.33. The van der Waals surface area contributed by atoms with Crippen LogP contribution in [-0.4, -0.2) is 9.38 Å². The minimum atomic E-state index is -0.997. The first-order valence-corrected chi connectivity index (χ1v) is 6.98. The molecule has 0 unspecified atom stereocenters. The van der Waals surface area contributed by atoms with Gasteiger partial charge >= 0.3 is 22.5 Å². The van der Waals surface area contributed by atoms with Gasteiger partial charge in [0.05, 0.1) is 0 Å². The Morgan fingerprint density at radius 3 is 1.92 bits per heavy atom. The van der Waals surface area contributed by atoms with Crippen molar-refractivity contribution in [3.05, 3.63) is 88.3 Å². The molecule has 0 spiro atoms. The summed E-state index contributed by atoms with van der Waals surface area (Å²) in [6.45, 7) is 0. The summed E-state index contributed by atoms with van der Waals surface area (Å²) in [5.74, 6) is 0. The maximum absolute atomic E-state index is 11.9. The SMILES string of the molecule is O=c1cc2oc(=O)ccc(=O)oc3c2c(c1)n1oc(=O)ccc(=O)on31. The average molecular weight is 358 g/mol. The lowest BCUT2D eigenvalue weighted by molar-refractivity contribution is 0.168. The van der Waals surface area contributed by atoms with Crippen molar-refractivity contribution in [1.82, 2.24) is 9.38 Å². The average Bonchev–Trinajstić information content (AvgIpc) is 2.85. The van der Waals surface area contributed by atoms with Crippen molar-refractivity contribution in [2.24, 2.45) is 0 Å². The maximum Gasteiger partial charge on any atom is 0.359 e. The molecule has 0 aliphatic carbocycles. The summed E-state index contributed by atoms with van der Waals surface area (Å²) in [6, 6.07) is 5.15. The zero-order valence-corrected chi connectivity index (χ0v) is 12.5. The molecular weight excluding hydrogens is 352 g/mol. The van der Waals surface area contributed by atoms with Crippen LogP contribution in [0.15, 0.2) is 78.3 Å². The Morgan fingerprint density at radius 2 is 1.23 bits per heavy atom. The summed E-state index contributed by atoms with van der Waals surface area (Å²) in [7, 11) is 0. The number of fused-ring (bicyclic) bond motifs is 3. The standard InChI is InChI=1S/C15H6N2O9/c18-7-5-8-14-9(6-7)23-10(19)1-2-11(20)24-15(14)17-16(8)25-12(21)3-4-13(22)26-17/h1-6H. The molecule has 4 rings (SSSR count). The number of benzene rings is 1. The van der Waals surface area contributed by atoms with Crippen molar-refractivity contribution in [3.63, 3.8) is 0 Å². The second kappa shape index (κ2) is 5.44. The van der Waals surface area contributed by atoms with E-state index in [0.29, 0.717) is 9.38 Å². The Labute approximate surface area is 138 Å². The Bertz CT molecular complexity index is 1540. The second-order valence-corrected chi connectivity index (χ2v) is 5.00. The highest BCUT2D eigenvalue weighted by molar-refractivity contribution is 6.01. The van der Waals surface area contributed by atoms with Gasteiger partial charge in [-0.2, -0.15) is 0 Å². The molecule has 0 radical (unpaired) electrons. The molecule has 0 saturated carbocycles. The lowest BCUT2D eigenvalue weighted by atomic mass is 10.2. The fraction of sp³-hybridized carbons (Fsp3) is 0. The van der Waals surface area contributed by atoms with Crippen molar-refractivity contribution >= 4 is 22.2 Å². The molecular formula is C15H6N2O9. The van der Waals surface area contributed by atoms with Crippen LogP contribution in [-0.2, 0) is 0 Å². The van der Waals surface area contributed by atoms with E-state index in [4.69, 9.17) is 17.9 Å². The lowest BCUT2D eigenvalue weighted by Crippen LogP contribution is -2.09. The van der Waals surface area contributed by atoms with E-state index in [2.05, 4.69) is 0 Å². The molecule has 0 saturated heterocycles. The van der Waals surface area contributed by atoms with E-state index in [9.17, 15) is 24.0 Å². The highest BCUT2D eigenvalue weighted by atomic mass is 16.6. The normalized spacial score (nSPS) is 11.1. The topological polar surface area (TPSA) is 147 Å². The third kappa shape index (κ3) is 2.43. The largest absolute Gasteiger partial charge is 0.422 e. The first kappa shape index (κ1) is 15.4. The van der Waals surface area contributed by atoms with E-state index < -0.39 is 33.6 Å². The van der Waals surface area contributed by atoms with Gasteiger partial charge < -0.3 is 17.9 Å². The summed E-state index contributed by atoms with van der Waals surface area (Å²) < 4.78 is 21.3. The van der Waals surface area contributed by atoms with Gasteiger partial charge in [0, 0.05) is 36.4 Å². The van der Waals surface area contributed by atoms with Crippen LogP contribution >= 0.6 is 0 Å². The van der Waals surface area contributed by atoms with Crippen molar-refractivity contribution in [3.8, 4) is 0 Å². The highest BCUT2D eigenvalue weighted by Gasteiger charge is 2.17. The number of hydrogen-bond acceptors (Lipinski definition) is 9. The van der Waals surface area contributed by atoms with Crippen LogP contribution in [0, 0.1) is 0 Å². The minimum Gasteiger partial charge on any atom is -0.422 e. The molecule has 0 aliphatic heterocycles. The Kier molecular flexibility index (Phi) is 3.22. The fourth-order valence-corrected chi connectivity index (χ4v) is 2.33. The first-order chi connectivity index (χ1) is 12.4. The molecule has 3 aromatic heterocycles. The van der Waals surface area contributed by atoms with E-state index in [-0.39, 0.29) is 16.5 Å². The van der Waals surface area contributed by atoms with E-state index in [1.807, 2.05) is 0 Å². The van der Waals surface area contributed by atoms with Crippen LogP contribution in [0.1, 0.15) is 0 Å². The molecule has 0 amide bonds. The molecule has 0 bridgehead atoms. The third-order valence-corrected chi connectivity index (χ3v) is 3.29. The molecule has 3 heterocycles. The number of nitrogens with zero attached hydrogens (tertiary/aromatic N) is 2. The smallest absolute Gasteiger partial charge is 0.359 e. The van der Waals surface area contributed by atoms with Gasteiger partial charge in [0.25, 0.3) is 5.71 Å². The maximum atomic E-state index is 11.9. The van der Waals surface area contributed by atoms with Gasteiger partial charge in [-0.3, -0.25) is 4.79 Å². The highest BCUT2D eigenvalue weighted by Crippen LogP contribution is 2.22. The lowest BCUT2D eigenvalue weighted by Gasteiger charge is -1.91. The predicted molar refractivity (Wildman–Crippen MR) is 83.9 cm³/mol. The van der Waals surface area contributed by atoms with Gasteiger partial charge in [0.15, 0.2) is 5.43 Å². The number of rotatable bonds is 0. The van der Waals surface area contributed by atoms with E-state index in [1.165, 1.54) is 0 Å². The Hall–Kier alpha value is -4.15. The van der Waals surface area contributed by atoms with E-state index >= 15 is 0 Å². The van der Waals surface area contributed by atoms with E-state index in [0.717, 1.165) is 36.4 Å². The number of hydrogen-bond donors (Lipinski definition) is 0.